The summed E-state index contributed by atoms with van der Waals surface area (Å²) in [5, 5.41) is 0. The average Bonchev–Trinajstić information content (AvgIpc) is 2.52. The fraction of sp³-hybridized carbons (Fsp3) is 0.167. The second-order valence-corrected chi connectivity index (χ2v) is 4.95. The minimum absolute atomic E-state index is 0.320. The van der Waals surface area contributed by atoms with Gasteiger partial charge in [-0.3, -0.25) is 0 Å². The van der Waals surface area contributed by atoms with Gasteiger partial charge in [0.05, 0.1) is 5.92 Å². The molecule has 0 N–H and O–H groups in total. The first kappa shape index (κ1) is 13.6. The van der Waals surface area contributed by atoms with E-state index in [9.17, 15) is 9.18 Å². The molecule has 0 amide bonds. The molecular formula is C18H15FO2. The van der Waals surface area contributed by atoms with Gasteiger partial charge in [0.25, 0.3) is 0 Å². The van der Waals surface area contributed by atoms with Crippen LogP contribution in [0.4, 0.5) is 4.39 Å². The molecule has 0 bridgehead atoms. The summed E-state index contributed by atoms with van der Waals surface area (Å²) < 4.78 is 19.4. The third kappa shape index (κ3) is 2.35. The number of hydrogen-bond donors (Lipinski definition) is 0. The first-order valence-electron chi connectivity index (χ1n) is 6.95. The maximum atomic E-state index is 13.5. The molecule has 0 saturated carbocycles. The van der Waals surface area contributed by atoms with Crippen molar-refractivity contribution in [3.63, 3.8) is 0 Å². The van der Waals surface area contributed by atoms with Crippen LogP contribution in [0.2, 0.25) is 0 Å². The summed E-state index contributed by atoms with van der Waals surface area (Å²) in [6, 6.07) is 13.8. The molecule has 0 saturated heterocycles. The average molecular weight is 282 g/mol. The van der Waals surface area contributed by atoms with Gasteiger partial charge in [0.15, 0.2) is 0 Å². The van der Waals surface area contributed by atoms with E-state index in [1.165, 1.54) is 12.1 Å². The molecule has 0 radical (unpaired) electrons. The Kier molecular flexibility index (Phi) is 3.57. The van der Waals surface area contributed by atoms with Crippen LogP contribution >= 0.6 is 0 Å². The standard InChI is InChI=1S/C18H15FO2/c1-2-16-18(12-6-5-7-13(19)10-12)15(11-20)14-8-3-4-9-17(14)21-16/h3-11,15H,2H2,1H3. The van der Waals surface area contributed by atoms with Gasteiger partial charge in [-0.25, -0.2) is 4.39 Å². The number of carbonyl (C=O) groups is 1. The van der Waals surface area contributed by atoms with Crippen LogP contribution in [-0.4, -0.2) is 6.29 Å². The highest BCUT2D eigenvalue weighted by atomic mass is 19.1. The zero-order valence-electron chi connectivity index (χ0n) is 11.7. The van der Waals surface area contributed by atoms with Crippen LogP contribution in [0.5, 0.6) is 5.75 Å². The molecule has 2 nitrogen and oxygen atoms in total. The number of hydrogen-bond acceptors (Lipinski definition) is 2. The molecule has 0 spiro atoms. The van der Waals surface area contributed by atoms with Crippen molar-refractivity contribution in [1.29, 1.82) is 0 Å². The monoisotopic (exact) mass is 282 g/mol. The fourth-order valence-corrected chi connectivity index (χ4v) is 2.75. The largest absolute Gasteiger partial charge is 0.461 e. The lowest BCUT2D eigenvalue weighted by molar-refractivity contribution is -0.108. The molecule has 21 heavy (non-hydrogen) atoms. The smallest absolute Gasteiger partial charge is 0.132 e. The Bertz CT molecular complexity index is 719. The Balaban J connectivity index is 2.20. The van der Waals surface area contributed by atoms with Gasteiger partial charge in [-0.2, -0.15) is 0 Å². The molecule has 0 fully saturated rings. The number of halogens is 1. The second-order valence-electron chi connectivity index (χ2n) is 4.95. The van der Waals surface area contributed by atoms with Crippen molar-refractivity contribution >= 4 is 11.9 Å². The molecule has 2 aromatic rings. The van der Waals surface area contributed by atoms with Gasteiger partial charge in [-0.05, 0) is 23.8 Å². The van der Waals surface area contributed by atoms with Crippen molar-refractivity contribution in [2.45, 2.75) is 19.3 Å². The molecule has 0 aliphatic carbocycles. The lowest BCUT2D eigenvalue weighted by Gasteiger charge is -2.27. The Hall–Kier alpha value is -2.42. The van der Waals surface area contributed by atoms with E-state index < -0.39 is 5.92 Å². The van der Waals surface area contributed by atoms with Crippen molar-refractivity contribution in [2.24, 2.45) is 0 Å². The quantitative estimate of drug-likeness (QED) is 0.784. The Morgan fingerprint density at radius 1 is 1.19 bits per heavy atom. The Morgan fingerprint density at radius 2 is 2.00 bits per heavy atom. The van der Waals surface area contributed by atoms with Crippen LogP contribution in [0, 0.1) is 5.82 Å². The Labute approximate surface area is 122 Å². The van der Waals surface area contributed by atoms with Crippen molar-refractivity contribution in [1.82, 2.24) is 0 Å². The molecule has 1 aliphatic heterocycles. The van der Waals surface area contributed by atoms with E-state index in [2.05, 4.69) is 0 Å². The Morgan fingerprint density at radius 3 is 2.71 bits per heavy atom. The van der Waals surface area contributed by atoms with E-state index >= 15 is 0 Å². The molecule has 1 atom stereocenters. The van der Waals surface area contributed by atoms with Crippen LogP contribution in [0.15, 0.2) is 54.3 Å². The predicted molar refractivity (Wildman–Crippen MR) is 79.5 cm³/mol. The normalized spacial score (nSPS) is 17.1. The molecular weight excluding hydrogens is 267 g/mol. The first-order chi connectivity index (χ1) is 10.2. The maximum absolute atomic E-state index is 13.5. The minimum atomic E-state index is -0.424. The SMILES string of the molecule is CCC1=C(c2cccc(F)c2)C(C=O)c2ccccc2O1. The molecule has 1 unspecified atom stereocenters. The highest BCUT2D eigenvalue weighted by Crippen LogP contribution is 2.43. The van der Waals surface area contributed by atoms with Gasteiger partial charge < -0.3 is 9.53 Å². The number of para-hydroxylation sites is 1. The summed E-state index contributed by atoms with van der Waals surface area (Å²) in [7, 11) is 0. The van der Waals surface area contributed by atoms with E-state index in [0.717, 1.165) is 23.2 Å². The lowest BCUT2D eigenvalue weighted by atomic mass is 9.84. The number of ether oxygens (including phenoxy) is 1. The molecule has 3 rings (SSSR count). The van der Waals surface area contributed by atoms with E-state index in [0.29, 0.717) is 17.7 Å². The lowest BCUT2D eigenvalue weighted by Crippen LogP contribution is -2.16. The molecule has 106 valence electrons. The zero-order chi connectivity index (χ0) is 14.8. The summed E-state index contributed by atoms with van der Waals surface area (Å²) in [6.45, 7) is 1.96. The van der Waals surface area contributed by atoms with Crippen LogP contribution in [0.1, 0.15) is 30.4 Å². The van der Waals surface area contributed by atoms with Gasteiger partial charge in [-0.1, -0.05) is 37.3 Å². The van der Waals surface area contributed by atoms with Crippen molar-refractivity contribution in [3.8, 4) is 5.75 Å². The number of allylic oxidation sites excluding steroid dienone is 2. The third-order valence-corrected chi connectivity index (χ3v) is 3.69. The van der Waals surface area contributed by atoms with Crippen LogP contribution < -0.4 is 4.74 Å². The van der Waals surface area contributed by atoms with Crippen molar-refractivity contribution in [2.75, 3.05) is 0 Å². The van der Waals surface area contributed by atoms with Crippen LogP contribution in [0.3, 0.4) is 0 Å². The van der Waals surface area contributed by atoms with Crippen molar-refractivity contribution in [3.05, 3.63) is 71.2 Å². The van der Waals surface area contributed by atoms with E-state index in [-0.39, 0.29) is 5.82 Å². The summed E-state index contributed by atoms with van der Waals surface area (Å²) >= 11 is 0. The van der Waals surface area contributed by atoms with Crippen molar-refractivity contribution < 1.29 is 13.9 Å². The number of rotatable bonds is 3. The van der Waals surface area contributed by atoms with Gasteiger partial charge in [-0.15, -0.1) is 0 Å². The summed E-state index contributed by atoms with van der Waals surface area (Å²) in [6.07, 6.45) is 1.54. The topological polar surface area (TPSA) is 26.3 Å². The van der Waals surface area contributed by atoms with E-state index in [4.69, 9.17) is 4.74 Å². The molecule has 0 aromatic heterocycles. The first-order valence-corrected chi connectivity index (χ1v) is 6.95. The van der Waals surface area contributed by atoms with Gasteiger partial charge in [0.2, 0.25) is 0 Å². The molecule has 1 aliphatic rings. The summed E-state index contributed by atoms with van der Waals surface area (Å²) in [5.41, 5.74) is 2.27. The summed E-state index contributed by atoms with van der Waals surface area (Å²) in [5.74, 6) is 0.675. The number of carbonyl (C=O) groups excluding carboxylic acids is 1. The fourth-order valence-electron chi connectivity index (χ4n) is 2.75. The van der Waals surface area contributed by atoms with E-state index in [1.54, 1.807) is 6.07 Å². The van der Waals surface area contributed by atoms with Gasteiger partial charge in [0, 0.05) is 17.6 Å². The number of benzene rings is 2. The highest BCUT2D eigenvalue weighted by molar-refractivity contribution is 5.89. The minimum Gasteiger partial charge on any atom is -0.461 e. The third-order valence-electron chi connectivity index (χ3n) is 3.69. The maximum Gasteiger partial charge on any atom is 0.132 e. The van der Waals surface area contributed by atoms with Gasteiger partial charge in [0.1, 0.15) is 23.6 Å². The zero-order valence-corrected chi connectivity index (χ0v) is 11.7. The number of fused-ring (bicyclic) bond motifs is 1. The predicted octanol–water partition coefficient (Wildman–Crippen LogP) is 4.32. The molecule has 1 heterocycles. The van der Waals surface area contributed by atoms with Crippen LogP contribution in [-0.2, 0) is 4.79 Å². The van der Waals surface area contributed by atoms with E-state index in [1.807, 2.05) is 37.3 Å². The number of aldehydes is 1. The van der Waals surface area contributed by atoms with Crippen LogP contribution in [0.25, 0.3) is 5.57 Å². The van der Waals surface area contributed by atoms with Gasteiger partial charge >= 0.3 is 0 Å². The summed E-state index contributed by atoms with van der Waals surface area (Å²) in [4.78, 5) is 11.7. The highest BCUT2D eigenvalue weighted by Gasteiger charge is 2.29. The second kappa shape index (κ2) is 5.52. The molecule has 3 heteroatoms. The molecule has 2 aromatic carbocycles.